The van der Waals surface area contributed by atoms with Gasteiger partial charge in [-0.3, -0.25) is 0 Å². The van der Waals surface area contributed by atoms with Crippen molar-refractivity contribution in [3.8, 4) is 0 Å². The number of benzene rings is 1. The fourth-order valence-electron chi connectivity index (χ4n) is 4.13. The summed E-state index contributed by atoms with van der Waals surface area (Å²) < 4.78 is 0. The average molecular weight is 342 g/mol. The van der Waals surface area contributed by atoms with Gasteiger partial charge in [0.25, 0.3) is 0 Å². The normalized spacial score (nSPS) is 30.4. The smallest absolute Gasteiger partial charge is 0.0951 e. The van der Waals surface area contributed by atoms with Crippen molar-refractivity contribution < 1.29 is 5.11 Å². The Morgan fingerprint density at radius 3 is 2.55 bits per heavy atom. The molecular weight excluding hydrogens is 317 g/mol. The van der Waals surface area contributed by atoms with Gasteiger partial charge >= 0.3 is 0 Å². The maximum atomic E-state index is 11.4. The van der Waals surface area contributed by atoms with E-state index in [4.69, 9.17) is 23.2 Å². The van der Waals surface area contributed by atoms with E-state index in [1.54, 1.807) is 6.07 Å². The van der Waals surface area contributed by atoms with E-state index in [0.717, 1.165) is 44.5 Å². The number of halogens is 2. The van der Waals surface area contributed by atoms with Crippen LogP contribution in [0.5, 0.6) is 0 Å². The van der Waals surface area contributed by atoms with Gasteiger partial charge in [-0.25, -0.2) is 0 Å². The number of rotatable bonds is 3. The van der Waals surface area contributed by atoms with E-state index in [0.29, 0.717) is 10.0 Å². The second-order valence-corrected chi connectivity index (χ2v) is 7.61. The summed E-state index contributed by atoms with van der Waals surface area (Å²) >= 11 is 12.6. The zero-order chi connectivity index (χ0) is 15.6. The second kappa shape index (κ2) is 7.09. The van der Waals surface area contributed by atoms with Crippen molar-refractivity contribution >= 4 is 23.2 Å². The minimum absolute atomic E-state index is 0.251. The number of hydrogen-bond donors (Lipinski definition) is 1. The Hall–Kier alpha value is -0.280. The van der Waals surface area contributed by atoms with Gasteiger partial charge in [0.2, 0.25) is 0 Å². The van der Waals surface area contributed by atoms with E-state index in [1.807, 2.05) is 12.1 Å². The first-order valence-corrected chi connectivity index (χ1v) is 9.26. The van der Waals surface area contributed by atoms with Crippen molar-refractivity contribution in [1.82, 2.24) is 4.90 Å². The SMILES string of the molecule is OC1(c2cccc(Cl)c2Cl)CCCC1CN1CCCCCC1. The third-order valence-electron chi connectivity index (χ3n) is 5.38. The standard InChI is InChI=1S/C18H25Cl2NO/c19-16-9-5-8-15(17(16)20)18(22)10-6-7-14(18)13-21-11-3-1-2-4-12-21/h5,8-9,14,22H,1-4,6-7,10-13H2. The molecule has 3 rings (SSSR count). The summed E-state index contributed by atoms with van der Waals surface area (Å²) in [5.74, 6) is 0.251. The van der Waals surface area contributed by atoms with Gasteiger partial charge in [0, 0.05) is 18.0 Å². The summed E-state index contributed by atoms with van der Waals surface area (Å²) in [5, 5.41) is 12.4. The lowest BCUT2D eigenvalue weighted by molar-refractivity contribution is -0.0154. The van der Waals surface area contributed by atoms with Gasteiger partial charge in [-0.15, -0.1) is 0 Å². The predicted molar refractivity (Wildman–Crippen MR) is 92.6 cm³/mol. The minimum Gasteiger partial charge on any atom is -0.385 e. The van der Waals surface area contributed by atoms with Gasteiger partial charge in [-0.05, 0) is 51.3 Å². The zero-order valence-corrected chi connectivity index (χ0v) is 14.5. The van der Waals surface area contributed by atoms with E-state index >= 15 is 0 Å². The molecule has 2 unspecified atom stereocenters. The van der Waals surface area contributed by atoms with Crippen LogP contribution in [-0.4, -0.2) is 29.6 Å². The monoisotopic (exact) mass is 341 g/mol. The molecule has 2 nitrogen and oxygen atoms in total. The fourth-order valence-corrected chi connectivity index (χ4v) is 4.59. The van der Waals surface area contributed by atoms with Crippen molar-refractivity contribution in [3.63, 3.8) is 0 Å². The third-order valence-corrected chi connectivity index (χ3v) is 6.20. The van der Waals surface area contributed by atoms with Crippen LogP contribution in [0.25, 0.3) is 0 Å². The lowest BCUT2D eigenvalue weighted by Gasteiger charge is -2.35. The molecule has 1 N–H and O–H groups in total. The first-order chi connectivity index (χ1) is 10.6. The van der Waals surface area contributed by atoms with Gasteiger partial charge in [-0.2, -0.15) is 0 Å². The first kappa shape index (κ1) is 16.6. The van der Waals surface area contributed by atoms with Crippen LogP contribution in [0.15, 0.2) is 18.2 Å². The molecule has 2 aliphatic rings. The Morgan fingerprint density at radius 1 is 1.09 bits per heavy atom. The van der Waals surface area contributed by atoms with Gasteiger partial charge < -0.3 is 10.0 Å². The van der Waals surface area contributed by atoms with Crippen LogP contribution in [0.1, 0.15) is 50.5 Å². The largest absolute Gasteiger partial charge is 0.385 e. The molecule has 4 heteroatoms. The van der Waals surface area contributed by atoms with E-state index in [2.05, 4.69) is 4.90 Å². The Kier molecular flexibility index (Phi) is 5.34. The van der Waals surface area contributed by atoms with Gasteiger partial charge in [0.15, 0.2) is 0 Å². The number of likely N-dealkylation sites (tertiary alicyclic amines) is 1. The molecule has 1 aliphatic carbocycles. The van der Waals surface area contributed by atoms with E-state index in [9.17, 15) is 5.11 Å². The number of nitrogens with zero attached hydrogens (tertiary/aromatic N) is 1. The first-order valence-electron chi connectivity index (χ1n) is 8.50. The molecule has 0 amide bonds. The van der Waals surface area contributed by atoms with Crippen LogP contribution < -0.4 is 0 Å². The van der Waals surface area contributed by atoms with Crippen molar-refractivity contribution in [2.24, 2.45) is 5.92 Å². The van der Waals surface area contributed by atoms with E-state index < -0.39 is 5.60 Å². The fraction of sp³-hybridized carbons (Fsp3) is 0.667. The summed E-state index contributed by atoms with van der Waals surface area (Å²) in [6.45, 7) is 3.30. The molecule has 2 atom stereocenters. The summed E-state index contributed by atoms with van der Waals surface area (Å²) in [4.78, 5) is 2.53. The number of hydrogen-bond acceptors (Lipinski definition) is 2. The zero-order valence-electron chi connectivity index (χ0n) is 13.0. The van der Waals surface area contributed by atoms with Crippen molar-refractivity contribution in [3.05, 3.63) is 33.8 Å². The molecule has 1 saturated carbocycles. The Bertz CT molecular complexity index is 514. The van der Waals surface area contributed by atoms with Crippen molar-refractivity contribution in [1.29, 1.82) is 0 Å². The molecule has 1 saturated heterocycles. The highest BCUT2D eigenvalue weighted by Gasteiger charge is 2.44. The molecular formula is C18H25Cl2NO. The molecule has 2 fully saturated rings. The van der Waals surface area contributed by atoms with Gasteiger partial charge in [0.1, 0.15) is 0 Å². The molecule has 0 radical (unpaired) electrons. The van der Waals surface area contributed by atoms with Gasteiger partial charge in [-0.1, -0.05) is 48.2 Å². The highest BCUT2D eigenvalue weighted by atomic mass is 35.5. The quantitative estimate of drug-likeness (QED) is 0.848. The van der Waals surface area contributed by atoms with Crippen LogP contribution >= 0.6 is 23.2 Å². The molecule has 1 heterocycles. The molecule has 22 heavy (non-hydrogen) atoms. The summed E-state index contributed by atoms with van der Waals surface area (Å²) in [6, 6.07) is 5.62. The summed E-state index contributed by atoms with van der Waals surface area (Å²) in [7, 11) is 0. The summed E-state index contributed by atoms with van der Waals surface area (Å²) in [5.41, 5.74) is -0.00660. The predicted octanol–water partition coefficient (Wildman–Crippen LogP) is 4.86. The second-order valence-electron chi connectivity index (χ2n) is 6.83. The lowest BCUT2D eigenvalue weighted by atomic mass is 9.83. The van der Waals surface area contributed by atoms with E-state index in [1.165, 1.54) is 25.7 Å². The van der Waals surface area contributed by atoms with E-state index in [-0.39, 0.29) is 5.92 Å². The van der Waals surface area contributed by atoms with Crippen molar-refractivity contribution in [2.45, 2.75) is 50.5 Å². The average Bonchev–Trinajstić information content (AvgIpc) is 2.72. The Labute approximate surface area is 143 Å². The minimum atomic E-state index is -0.825. The topological polar surface area (TPSA) is 23.5 Å². The van der Waals surface area contributed by atoms with Crippen molar-refractivity contribution in [2.75, 3.05) is 19.6 Å². The molecule has 0 spiro atoms. The lowest BCUT2D eigenvalue weighted by Crippen LogP contribution is -2.39. The van der Waals surface area contributed by atoms with Gasteiger partial charge in [0.05, 0.1) is 15.6 Å². The highest BCUT2D eigenvalue weighted by molar-refractivity contribution is 6.42. The third kappa shape index (κ3) is 3.31. The molecule has 0 bridgehead atoms. The molecule has 1 aromatic rings. The Morgan fingerprint density at radius 2 is 1.82 bits per heavy atom. The van der Waals surface area contributed by atoms with Crippen LogP contribution in [0.4, 0.5) is 0 Å². The van der Waals surface area contributed by atoms with Crippen LogP contribution in [0.2, 0.25) is 10.0 Å². The van der Waals surface area contributed by atoms with Crippen LogP contribution in [0.3, 0.4) is 0 Å². The molecule has 1 aliphatic heterocycles. The molecule has 122 valence electrons. The molecule has 0 aromatic heterocycles. The maximum Gasteiger partial charge on any atom is 0.0951 e. The maximum absolute atomic E-state index is 11.4. The van der Waals surface area contributed by atoms with Crippen LogP contribution in [0, 0.1) is 5.92 Å². The summed E-state index contributed by atoms with van der Waals surface area (Å²) in [6.07, 6.45) is 8.14. The van der Waals surface area contributed by atoms with Crippen LogP contribution in [-0.2, 0) is 5.60 Å². The number of aliphatic hydroxyl groups is 1. The highest BCUT2D eigenvalue weighted by Crippen LogP contribution is 2.47. The molecule has 1 aromatic carbocycles. The Balaban J connectivity index is 1.80.